The second-order valence-electron chi connectivity index (χ2n) is 5.85. The van der Waals surface area contributed by atoms with E-state index in [1.165, 1.54) is 0 Å². The summed E-state index contributed by atoms with van der Waals surface area (Å²) in [6, 6.07) is 5.72. The Morgan fingerprint density at radius 1 is 1.08 bits per heavy atom. The minimum atomic E-state index is 0.564. The maximum absolute atomic E-state index is 5.47. The molecular weight excluding hydrogens is 314 g/mol. The van der Waals surface area contributed by atoms with E-state index >= 15 is 0 Å². The molecule has 0 aliphatic heterocycles. The number of methoxy groups -OCH3 is 1. The van der Waals surface area contributed by atoms with E-state index in [1.807, 2.05) is 45.2 Å². The number of aryl methyl sites for hydroxylation is 2. The average molecular weight is 335 g/mol. The largest absolute Gasteiger partial charge is 0.496 e. The number of rotatable bonds is 5. The Morgan fingerprint density at radius 3 is 2.56 bits per heavy atom. The van der Waals surface area contributed by atoms with Crippen LogP contribution in [0.2, 0.25) is 0 Å². The second-order valence-corrected chi connectivity index (χ2v) is 5.85. The van der Waals surface area contributed by atoms with Crippen LogP contribution in [0, 0.1) is 20.8 Å². The zero-order valence-corrected chi connectivity index (χ0v) is 14.9. The van der Waals surface area contributed by atoms with E-state index in [-0.39, 0.29) is 0 Å². The zero-order valence-electron chi connectivity index (χ0n) is 14.9. The quantitative estimate of drug-likeness (QED) is 0.769. The predicted octanol–water partition coefficient (Wildman–Crippen LogP) is 3.48. The molecule has 128 valence electrons. The SMILES string of the molecule is COc1c(C)cnc(CNc2cc(C)nc(-c3ccncc3)n2)c1C. The van der Waals surface area contributed by atoms with Gasteiger partial charge >= 0.3 is 0 Å². The molecule has 3 aromatic heterocycles. The first-order valence-electron chi connectivity index (χ1n) is 8.07. The molecule has 0 aromatic carbocycles. The third-order valence-electron chi connectivity index (χ3n) is 3.98. The van der Waals surface area contributed by atoms with E-state index in [0.717, 1.165) is 39.6 Å². The number of nitrogens with one attached hydrogen (secondary N) is 1. The van der Waals surface area contributed by atoms with Crippen molar-refractivity contribution in [2.75, 3.05) is 12.4 Å². The topological polar surface area (TPSA) is 72.8 Å². The van der Waals surface area contributed by atoms with Gasteiger partial charge in [-0.05, 0) is 32.9 Å². The first-order valence-corrected chi connectivity index (χ1v) is 8.07. The predicted molar refractivity (Wildman–Crippen MR) is 97.6 cm³/mol. The summed E-state index contributed by atoms with van der Waals surface area (Å²) in [5, 5.41) is 3.34. The highest BCUT2D eigenvalue weighted by atomic mass is 16.5. The van der Waals surface area contributed by atoms with Gasteiger partial charge in [-0.1, -0.05) is 0 Å². The molecule has 6 heteroatoms. The molecule has 1 N–H and O–H groups in total. The van der Waals surface area contributed by atoms with Crippen molar-refractivity contribution < 1.29 is 4.74 Å². The van der Waals surface area contributed by atoms with E-state index in [2.05, 4.69) is 25.3 Å². The van der Waals surface area contributed by atoms with Gasteiger partial charge in [0.2, 0.25) is 0 Å². The molecule has 25 heavy (non-hydrogen) atoms. The fourth-order valence-electron chi connectivity index (χ4n) is 2.71. The van der Waals surface area contributed by atoms with Crippen molar-refractivity contribution in [2.24, 2.45) is 0 Å². The van der Waals surface area contributed by atoms with Crippen molar-refractivity contribution in [1.82, 2.24) is 19.9 Å². The van der Waals surface area contributed by atoms with Crippen LogP contribution in [0.3, 0.4) is 0 Å². The molecular formula is C19H21N5O. The number of aromatic nitrogens is 4. The molecule has 6 nitrogen and oxygen atoms in total. The Morgan fingerprint density at radius 2 is 1.84 bits per heavy atom. The van der Waals surface area contributed by atoms with E-state index < -0.39 is 0 Å². The Balaban J connectivity index is 1.84. The molecule has 0 radical (unpaired) electrons. The lowest BCUT2D eigenvalue weighted by Gasteiger charge is -2.13. The van der Waals surface area contributed by atoms with Gasteiger partial charge in [0.1, 0.15) is 11.6 Å². The van der Waals surface area contributed by atoms with Crippen LogP contribution in [0.15, 0.2) is 36.8 Å². The summed E-state index contributed by atoms with van der Waals surface area (Å²) < 4.78 is 5.47. The van der Waals surface area contributed by atoms with E-state index in [9.17, 15) is 0 Å². The van der Waals surface area contributed by atoms with Gasteiger partial charge in [-0.25, -0.2) is 9.97 Å². The highest BCUT2D eigenvalue weighted by Crippen LogP contribution is 2.24. The highest BCUT2D eigenvalue weighted by molar-refractivity contribution is 5.56. The van der Waals surface area contributed by atoms with Crippen LogP contribution < -0.4 is 10.1 Å². The van der Waals surface area contributed by atoms with Crippen molar-refractivity contribution in [2.45, 2.75) is 27.3 Å². The smallest absolute Gasteiger partial charge is 0.161 e. The van der Waals surface area contributed by atoms with E-state index in [1.54, 1.807) is 19.5 Å². The first-order chi connectivity index (χ1) is 12.1. The molecule has 3 aromatic rings. The van der Waals surface area contributed by atoms with Crippen molar-refractivity contribution in [1.29, 1.82) is 0 Å². The Hall–Kier alpha value is -3.02. The fraction of sp³-hybridized carbons (Fsp3) is 0.263. The molecule has 0 spiro atoms. The van der Waals surface area contributed by atoms with Crippen LogP contribution in [0.5, 0.6) is 5.75 Å². The van der Waals surface area contributed by atoms with Crippen molar-refractivity contribution in [3.8, 4) is 17.1 Å². The fourth-order valence-corrected chi connectivity index (χ4v) is 2.71. The Bertz CT molecular complexity index is 880. The maximum Gasteiger partial charge on any atom is 0.161 e. The monoisotopic (exact) mass is 335 g/mol. The van der Waals surface area contributed by atoms with E-state index in [0.29, 0.717) is 12.4 Å². The number of pyridine rings is 2. The number of hydrogen-bond donors (Lipinski definition) is 1. The normalized spacial score (nSPS) is 10.6. The molecule has 3 heterocycles. The highest BCUT2D eigenvalue weighted by Gasteiger charge is 2.10. The van der Waals surface area contributed by atoms with Crippen LogP contribution >= 0.6 is 0 Å². The molecule has 0 saturated heterocycles. The second kappa shape index (κ2) is 7.25. The van der Waals surface area contributed by atoms with Crippen LogP contribution in [-0.2, 0) is 6.54 Å². The minimum Gasteiger partial charge on any atom is -0.496 e. The standard InChI is InChI=1S/C19H21N5O/c1-12-10-21-16(14(3)18(12)25-4)11-22-17-9-13(2)23-19(24-17)15-5-7-20-8-6-15/h5-10H,11H2,1-4H3,(H,22,23,24). The lowest BCUT2D eigenvalue weighted by atomic mass is 10.1. The van der Waals surface area contributed by atoms with Gasteiger partial charge in [-0.3, -0.25) is 9.97 Å². The van der Waals surface area contributed by atoms with Gasteiger partial charge in [0.05, 0.1) is 19.3 Å². The van der Waals surface area contributed by atoms with Gasteiger partial charge in [-0.15, -0.1) is 0 Å². The van der Waals surface area contributed by atoms with Gasteiger partial charge in [0.25, 0.3) is 0 Å². The number of nitrogens with zero attached hydrogens (tertiary/aromatic N) is 4. The summed E-state index contributed by atoms with van der Waals surface area (Å²) in [7, 11) is 1.68. The molecule has 0 fully saturated rings. The summed E-state index contributed by atoms with van der Waals surface area (Å²) in [6.07, 6.45) is 5.30. The van der Waals surface area contributed by atoms with Crippen LogP contribution in [0.25, 0.3) is 11.4 Å². The minimum absolute atomic E-state index is 0.564. The van der Waals surface area contributed by atoms with Gasteiger partial charge in [0, 0.05) is 47.0 Å². The molecule has 0 atom stereocenters. The van der Waals surface area contributed by atoms with Crippen LogP contribution in [0.4, 0.5) is 5.82 Å². The molecule has 0 saturated carbocycles. The maximum atomic E-state index is 5.47. The number of anilines is 1. The van der Waals surface area contributed by atoms with Crippen molar-refractivity contribution >= 4 is 5.82 Å². The summed E-state index contributed by atoms with van der Waals surface area (Å²) >= 11 is 0. The van der Waals surface area contributed by atoms with Crippen LogP contribution in [0.1, 0.15) is 22.5 Å². The summed E-state index contributed by atoms with van der Waals surface area (Å²) in [5.74, 6) is 2.32. The van der Waals surface area contributed by atoms with Gasteiger partial charge < -0.3 is 10.1 Å². The summed E-state index contributed by atoms with van der Waals surface area (Å²) in [6.45, 7) is 6.53. The van der Waals surface area contributed by atoms with Gasteiger partial charge in [0.15, 0.2) is 5.82 Å². The Labute approximate surface area is 147 Å². The molecule has 0 aliphatic carbocycles. The number of ether oxygens (including phenoxy) is 1. The lowest BCUT2D eigenvalue weighted by Crippen LogP contribution is -2.08. The van der Waals surface area contributed by atoms with Gasteiger partial charge in [-0.2, -0.15) is 0 Å². The summed E-state index contributed by atoms with van der Waals surface area (Å²) in [4.78, 5) is 17.6. The van der Waals surface area contributed by atoms with Crippen LogP contribution in [-0.4, -0.2) is 27.0 Å². The third kappa shape index (κ3) is 3.74. The zero-order chi connectivity index (χ0) is 17.8. The third-order valence-corrected chi connectivity index (χ3v) is 3.98. The molecule has 0 amide bonds. The first kappa shape index (κ1) is 16.8. The average Bonchev–Trinajstić information content (AvgIpc) is 2.62. The Kier molecular flexibility index (Phi) is 4.88. The molecule has 0 unspecified atom stereocenters. The summed E-state index contributed by atoms with van der Waals surface area (Å²) in [5.41, 5.74) is 4.84. The molecule has 0 bridgehead atoms. The number of hydrogen-bond acceptors (Lipinski definition) is 6. The van der Waals surface area contributed by atoms with Crippen molar-refractivity contribution in [3.63, 3.8) is 0 Å². The lowest BCUT2D eigenvalue weighted by molar-refractivity contribution is 0.407. The molecule has 3 rings (SSSR count). The molecule has 0 aliphatic rings. The van der Waals surface area contributed by atoms with Crippen molar-refractivity contribution in [3.05, 3.63) is 59.3 Å². The van der Waals surface area contributed by atoms with E-state index in [4.69, 9.17) is 4.74 Å².